The van der Waals surface area contributed by atoms with Gasteiger partial charge in [-0.3, -0.25) is 4.79 Å². The zero-order valence-corrected chi connectivity index (χ0v) is 18.2. The molecular weight excluding hydrogens is 402 g/mol. The van der Waals surface area contributed by atoms with Crippen LogP contribution in [0.25, 0.3) is 11.0 Å². The SMILES string of the molecule is CC(=O)Nc1ccc2c(CSc3nc(C)c(C)n3C[C@H]3CCCO3)cc(=O)oc2c1. The van der Waals surface area contributed by atoms with E-state index in [1.807, 2.05) is 19.1 Å². The van der Waals surface area contributed by atoms with Crippen molar-refractivity contribution in [1.82, 2.24) is 9.55 Å². The lowest BCUT2D eigenvalue weighted by Crippen LogP contribution is -2.16. The molecule has 1 N–H and O–H groups in total. The number of nitrogens with zero attached hydrogens (tertiary/aromatic N) is 2. The second kappa shape index (κ2) is 8.65. The van der Waals surface area contributed by atoms with Gasteiger partial charge in [-0.05, 0) is 44.4 Å². The summed E-state index contributed by atoms with van der Waals surface area (Å²) in [6.45, 7) is 7.16. The van der Waals surface area contributed by atoms with E-state index in [4.69, 9.17) is 14.1 Å². The Morgan fingerprint density at radius 1 is 1.33 bits per heavy atom. The molecule has 1 aromatic carbocycles. The van der Waals surface area contributed by atoms with Gasteiger partial charge in [0.05, 0.1) is 18.3 Å². The first kappa shape index (κ1) is 20.7. The van der Waals surface area contributed by atoms with Gasteiger partial charge in [-0.15, -0.1) is 0 Å². The Hall–Kier alpha value is -2.58. The number of ether oxygens (including phenoxy) is 1. The average molecular weight is 428 g/mol. The Labute approximate surface area is 178 Å². The van der Waals surface area contributed by atoms with Crippen LogP contribution in [0.3, 0.4) is 0 Å². The van der Waals surface area contributed by atoms with Crippen molar-refractivity contribution in [2.45, 2.75) is 57.2 Å². The summed E-state index contributed by atoms with van der Waals surface area (Å²) in [5, 5.41) is 4.49. The van der Waals surface area contributed by atoms with Crippen LogP contribution in [-0.2, 0) is 21.8 Å². The number of benzene rings is 1. The van der Waals surface area contributed by atoms with Gasteiger partial charge in [-0.2, -0.15) is 0 Å². The predicted molar refractivity (Wildman–Crippen MR) is 117 cm³/mol. The molecule has 1 atom stereocenters. The van der Waals surface area contributed by atoms with Gasteiger partial charge in [-0.1, -0.05) is 11.8 Å². The third kappa shape index (κ3) is 4.44. The van der Waals surface area contributed by atoms with Gasteiger partial charge in [-0.25, -0.2) is 9.78 Å². The van der Waals surface area contributed by atoms with E-state index in [1.165, 1.54) is 13.0 Å². The van der Waals surface area contributed by atoms with Crippen molar-refractivity contribution in [3.63, 3.8) is 0 Å². The minimum Gasteiger partial charge on any atom is -0.423 e. The lowest BCUT2D eigenvalue weighted by molar-refractivity contribution is -0.114. The molecule has 0 radical (unpaired) electrons. The Morgan fingerprint density at radius 3 is 2.90 bits per heavy atom. The third-order valence-electron chi connectivity index (χ3n) is 5.34. The number of fused-ring (bicyclic) bond motifs is 1. The largest absolute Gasteiger partial charge is 0.423 e. The molecule has 30 heavy (non-hydrogen) atoms. The molecule has 1 aliphatic rings. The van der Waals surface area contributed by atoms with Crippen LogP contribution in [0.2, 0.25) is 0 Å². The molecule has 3 heterocycles. The molecule has 158 valence electrons. The van der Waals surface area contributed by atoms with Crippen LogP contribution >= 0.6 is 11.8 Å². The van der Waals surface area contributed by atoms with Gasteiger partial charge < -0.3 is 19.0 Å². The topological polar surface area (TPSA) is 86.4 Å². The lowest BCUT2D eigenvalue weighted by atomic mass is 10.1. The molecule has 1 aliphatic heterocycles. The summed E-state index contributed by atoms with van der Waals surface area (Å²) in [6.07, 6.45) is 2.40. The third-order valence-corrected chi connectivity index (χ3v) is 6.37. The maximum Gasteiger partial charge on any atom is 0.336 e. The maximum absolute atomic E-state index is 12.1. The highest BCUT2D eigenvalue weighted by atomic mass is 32.2. The number of hydrogen-bond acceptors (Lipinski definition) is 6. The minimum atomic E-state index is -0.409. The zero-order chi connectivity index (χ0) is 21.3. The van der Waals surface area contributed by atoms with Gasteiger partial charge in [0.25, 0.3) is 0 Å². The Morgan fingerprint density at radius 2 is 2.17 bits per heavy atom. The van der Waals surface area contributed by atoms with E-state index < -0.39 is 5.63 Å². The minimum absolute atomic E-state index is 0.174. The molecule has 4 rings (SSSR count). The van der Waals surface area contributed by atoms with Crippen molar-refractivity contribution in [2.75, 3.05) is 11.9 Å². The first-order valence-corrected chi connectivity index (χ1v) is 11.0. The van der Waals surface area contributed by atoms with E-state index in [9.17, 15) is 9.59 Å². The number of anilines is 1. The second-order valence-electron chi connectivity index (χ2n) is 7.58. The van der Waals surface area contributed by atoms with E-state index in [0.717, 1.165) is 53.5 Å². The summed E-state index contributed by atoms with van der Waals surface area (Å²) in [4.78, 5) is 28.1. The van der Waals surface area contributed by atoms with E-state index >= 15 is 0 Å². The number of rotatable bonds is 6. The normalized spacial score (nSPS) is 16.3. The van der Waals surface area contributed by atoms with Crippen LogP contribution in [0.15, 0.2) is 38.6 Å². The molecule has 1 saturated heterocycles. The molecule has 7 nitrogen and oxygen atoms in total. The number of aromatic nitrogens is 2. The fourth-order valence-corrected chi connectivity index (χ4v) is 4.81. The second-order valence-corrected chi connectivity index (χ2v) is 8.52. The average Bonchev–Trinajstić information content (AvgIpc) is 3.29. The highest BCUT2D eigenvalue weighted by molar-refractivity contribution is 7.98. The van der Waals surface area contributed by atoms with Gasteiger partial charge >= 0.3 is 5.63 Å². The molecule has 1 fully saturated rings. The van der Waals surface area contributed by atoms with E-state index in [1.54, 1.807) is 17.8 Å². The lowest BCUT2D eigenvalue weighted by Gasteiger charge is -2.15. The van der Waals surface area contributed by atoms with Crippen molar-refractivity contribution >= 4 is 34.3 Å². The summed E-state index contributed by atoms with van der Waals surface area (Å²) in [5.41, 5.74) is 3.68. The van der Waals surface area contributed by atoms with Crippen LogP contribution in [0.4, 0.5) is 5.69 Å². The number of nitrogens with one attached hydrogen (secondary N) is 1. The van der Waals surface area contributed by atoms with Crippen LogP contribution < -0.4 is 10.9 Å². The zero-order valence-electron chi connectivity index (χ0n) is 17.4. The van der Waals surface area contributed by atoms with Crippen molar-refractivity contribution in [2.24, 2.45) is 0 Å². The molecule has 0 aliphatic carbocycles. The first-order valence-electron chi connectivity index (χ1n) is 10.0. The first-order chi connectivity index (χ1) is 14.4. The predicted octanol–water partition coefficient (Wildman–Crippen LogP) is 4.04. The Bertz CT molecular complexity index is 1150. The summed E-state index contributed by atoms with van der Waals surface area (Å²) in [6, 6.07) is 6.89. The molecule has 0 spiro atoms. The number of amides is 1. The van der Waals surface area contributed by atoms with Crippen molar-refractivity contribution in [3.05, 3.63) is 51.6 Å². The number of hydrogen-bond donors (Lipinski definition) is 1. The standard InChI is InChI=1S/C22H25N3O4S/c1-13-14(2)25(11-18-5-4-8-28-18)22(23-13)30-12-16-9-21(27)29-20-10-17(24-15(3)26)6-7-19(16)20/h6-7,9-10,18H,4-5,8,11-12H2,1-3H3,(H,24,26)/t18-/m1/s1. The van der Waals surface area contributed by atoms with Crippen molar-refractivity contribution in [1.29, 1.82) is 0 Å². The number of imidazole rings is 1. The van der Waals surface area contributed by atoms with Crippen molar-refractivity contribution < 1.29 is 13.9 Å². The molecule has 3 aromatic rings. The Balaban J connectivity index is 1.60. The molecule has 0 bridgehead atoms. The van der Waals surface area contributed by atoms with Gasteiger partial charge in [0.1, 0.15) is 5.58 Å². The van der Waals surface area contributed by atoms with Crippen LogP contribution in [0.5, 0.6) is 0 Å². The number of aryl methyl sites for hydroxylation is 1. The van der Waals surface area contributed by atoms with Gasteiger partial charge in [0.15, 0.2) is 5.16 Å². The number of carbonyl (C=O) groups is 1. The Kier molecular flexibility index (Phi) is 5.97. The smallest absolute Gasteiger partial charge is 0.336 e. The summed E-state index contributed by atoms with van der Waals surface area (Å²) >= 11 is 1.60. The molecule has 2 aromatic heterocycles. The summed E-state index contributed by atoms with van der Waals surface area (Å²) in [5.74, 6) is 0.412. The van der Waals surface area contributed by atoms with Crippen molar-refractivity contribution in [3.8, 4) is 0 Å². The van der Waals surface area contributed by atoms with Gasteiger partial charge in [0, 0.05) is 48.2 Å². The van der Waals surface area contributed by atoms with E-state index in [2.05, 4.69) is 16.8 Å². The molecular formula is C22H25N3O4S. The molecule has 0 unspecified atom stereocenters. The fraction of sp³-hybridized carbons (Fsp3) is 0.409. The van der Waals surface area contributed by atoms with Crippen LogP contribution in [0.1, 0.15) is 36.7 Å². The van der Waals surface area contributed by atoms with Gasteiger partial charge in [0.2, 0.25) is 5.91 Å². The van der Waals surface area contributed by atoms with Crippen LogP contribution in [0, 0.1) is 13.8 Å². The fourth-order valence-electron chi connectivity index (χ4n) is 3.71. The highest BCUT2D eigenvalue weighted by Gasteiger charge is 2.20. The quantitative estimate of drug-likeness (QED) is 0.472. The number of thioether (sulfide) groups is 1. The number of carbonyl (C=O) groups excluding carboxylic acids is 1. The van der Waals surface area contributed by atoms with E-state index in [0.29, 0.717) is 17.0 Å². The monoisotopic (exact) mass is 427 g/mol. The van der Waals surface area contributed by atoms with E-state index in [-0.39, 0.29) is 12.0 Å². The molecule has 0 saturated carbocycles. The maximum atomic E-state index is 12.1. The summed E-state index contributed by atoms with van der Waals surface area (Å²) in [7, 11) is 0. The van der Waals surface area contributed by atoms with Crippen LogP contribution in [-0.4, -0.2) is 28.2 Å². The molecule has 1 amide bonds. The summed E-state index contributed by atoms with van der Waals surface area (Å²) < 4.78 is 13.4. The molecule has 8 heteroatoms. The highest BCUT2D eigenvalue weighted by Crippen LogP contribution is 2.30.